The summed E-state index contributed by atoms with van der Waals surface area (Å²) in [5.74, 6) is 0.948. The minimum atomic E-state index is 0.182. The molecule has 0 aliphatic heterocycles. The van der Waals surface area contributed by atoms with E-state index in [1.54, 1.807) is 0 Å². The molecule has 0 saturated heterocycles. The van der Waals surface area contributed by atoms with Crippen LogP contribution in [0.2, 0.25) is 5.02 Å². The maximum atomic E-state index is 6.02. The molecule has 0 bridgehead atoms. The number of nitrogens with one attached hydrogen (secondary N) is 1. The zero-order valence-corrected chi connectivity index (χ0v) is 12.1. The van der Waals surface area contributed by atoms with Crippen LogP contribution in [-0.4, -0.2) is 13.1 Å². The molecule has 0 radical (unpaired) electrons. The monoisotopic (exact) mass is 316 g/mol. The third-order valence-corrected chi connectivity index (χ3v) is 4.17. The molecular weight excluding hydrogens is 300 g/mol. The Morgan fingerprint density at radius 3 is 2.88 bits per heavy atom. The number of benzene rings is 1. The van der Waals surface area contributed by atoms with E-state index in [2.05, 4.69) is 21.2 Å². The molecule has 3 N–H and O–H groups in total. The Hall–Kier alpha value is -0.0900. The van der Waals surface area contributed by atoms with Crippen LogP contribution >= 0.6 is 27.5 Å². The minimum absolute atomic E-state index is 0.182. The first-order valence-corrected chi connectivity index (χ1v) is 7.26. The fourth-order valence-corrected chi connectivity index (χ4v) is 2.67. The molecule has 2 rings (SSSR count). The SMILES string of the molecule is NCC(NCCC1CC1)c1cc(Cl)ccc1Br. The average Bonchev–Trinajstić information content (AvgIpc) is 3.12. The van der Waals surface area contributed by atoms with Crippen molar-refractivity contribution >= 4 is 27.5 Å². The number of rotatable bonds is 6. The van der Waals surface area contributed by atoms with Gasteiger partial charge in [0.1, 0.15) is 0 Å². The Balaban J connectivity index is 1.96. The molecule has 1 aliphatic carbocycles. The standard InChI is InChI=1S/C13H18BrClN2/c14-12-4-3-10(15)7-11(12)13(8-16)17-6-5-9-1-2-9/h3-4,7,9,13,17H,1-2,5-6,8,16H2. The summed E-state index contributed by atoms with van der Waals surface area (Å²) in [6.45, 7) is 1.62. The van der Waals surface area contributed by atoms with Gasteiger partial charge in [0.25, 0.3) is 0 Å². The lowest BCUT2D eigenvalue weighted by atomic mass is 10.1. The smallest absolute Gasteiger partial charge is 0.0456 e. The lowest BCUT2D eigenvalue weighted by molar-refractivity contribution is 0.515. The fourth-order valence-electron chi connectivity index (χ4n) is 1.97. The lowest BCUT2D eigenvalue weighted by Crippen LogP contribution is -2.29. The highest BCUT2D eigenvalue weighted by molar-refractivity contribution is 9.10. The topological polar surface area (TPSA) is 38.0 Å². The Bertz CT molecular complexity index is 380. The normalized spacial score (nSPS) is 17.1. The van der Waals surface area contributed by atoms with Crippen molar-refractivity contribution in [1.82, 2.24) is 5.32 Å². The van der Waals surface area contributed by atoms with Crippen LogP contribution in [0.3, 0.4) is 0 Å². The second-order valence-electron chi connectivity index (χ2n) is 4.64. The van der Waals surface area contributed by atoms with Gasteiger partial charge in [0.15, 0.2) is 0 Å². The van der Waals surface area contributed by atoms with E-state index in [1.807, 2.05) is 18.2 Å². The first-order valence-electron chi connectivity index (χ1n) is 6.09. The van der Waals surface area contributed by atoms with Crippen molar-refractivity contribution in [3.05, 3.63) is 33.3 Å². The Labute approximate surface area is 116 Å². The first kappa shape index (κ1) is 13.3. The largest absolute Gasteiger partial charge is 0.329 e. The van der Waals surface area contributed by atoms with Crippen molar-refractivity contribution in [2.45, 2.75) is 25.3 Å². The lowest BCUT2D eigenvalue weighted by Gasteiger charge is -2.19. The molecule has 1 saturated carbocycles. The van der Waals surface area contributed by atoms with Crippen molar-refractivity contribution in [3.63, 3.8) is 0 Å². The predicted octanol–water partition coefficient (Wildman–Crippen LogP) is 3.49. The van der Waals surface area contributed by atoms with E-state index in [0.717, 1.165) is 27.5 Å². The van der Waals surface area contributed by atoms with E-state index < -0.39 is 0 Å². The summed E-state index contributed by atoms with van der Waals surface area (Å²) < 4.78 is 1.07. The average molecular weight is 318 g/mol. The van der Waals surface area contributed by atoms with Gasteiger partial charge in [-0.15, -0.1) is 0 Å². The van der Waals surface area contributed by atoms with Gasteiger partial charge in [0.2, 0.25) is 0 Å². The van der Waals surface area contributed by atoms with Crippen molar-refractivity contribution in [2.75, 3.05) is 13.1 Å². The Morgan fingerprint density at radius 1 is 1.47 bits per heavy atom. The molecule has 17 heavy (non-hydrogen) atoms. The zero-order chi connectivity index (χ0) is 12.3. The second-order valence-corrected chi connectivity index (χ2v) is 5.93. The Morgan fingerprint density at radius 2 is 2.24 bits per heavy atom. The summed E-state index contributed by atoms with van der Waals surface area (Å²) in [6, 6.07) is 6.02. The van der Waals surface area contributed by atoms with Crippen LogP contribution in [-0.2, 0) is 0 Å². The number of halogens is 2. The van der Waals surface area contributed by atoms with Crippen LogP contribution < -0.4 is 11.1 Å². The van der Waals surface area contributed by atoms with Crippen LogP contribution in [0.4, 0.5) is 0 Å². The number of hydrogen-bond acceptors (Lipinski definition) is 2. The summed E-state index contributed by atoms with van der Waals surface area (Å²) in [4.78, 5) is 0. The Kier molecular flexibility index (Phi) is 4.86. The van der Waals surface area contributed by atoms with Crippen LogP contribution in [0, 0.1) is 5.92 Å². The second kappa shape index (κ2) is 6.19. The molecule has 0 spiro atoms. The minimum Gasteiger partial charge on any atom is -0.329 e. The molecule has 1 unspecified atom stereocenters. The van der Waals surface area contributed by atoms with Gasteiger partial charge in [-0.3, -0.25) is 0 Å². The van der Waals surface area contributed by atoms with Gasteiger partial charge in [-0.2, -0.15) is 0 Å². The molecule has 94 valence electrons. The van der Waals surface area contributed by atoms with E-state index in [9.17, 15) is 0 Å². The zero-order valence-electron chi connectivity index (χ0n) is 9.76. The predicted molar refractivity (Wildman–Crippen MR) is 76.3 cm³/mol. The molecule has 1 fully saturated rings. The maximum absolute atomic E-state index is 6.02. The van der Waals surface area contributed by atoms with E-state index in [0.29, 0.717) is 6.54 Å². The highest BCUT2D eigenvalue weighted by atomic mass is 79.9. The quantitative estimate of drug-likeness (QED) is 0.843. The van der Waals surface area contributed by atoms with E-state index in [4.69, 9.17) is 17.3 Å². The molecule has 0 amide bonds. The van der Waals surface area contributed by atoms with Gasteiger partial charge in [-0.1, -0.05) is 40.4 Å². The van der Waals surface area contributed by atoms with Gasteiger partial charge in [-0.05, 0) is 42.6 Å². The van der Waals surface area contributed by atoms with Crippen molar-refractivity contribution < 1.29 is 0 Å². The summed E-state index contributed by atoms with van der Waals surface area (Å²) >= 11 is 9.57. The molecule has 1 aromatic rings. The van der Waals surface area contributed by atoms with Gasteiger partial charge in [-0.25, -0.2) is 0 Å². The molecule has 1 aliphatic rings. The number of nitrogens with two attached hydrogens (primary N) is 1. The van der Waals surface area contributed by atoms with E-state index in [-0.39, 0.29) is 6.04 Å². The van der Waals surface area contributed by atoms with Crippen molar-refractivity contribution in [3.8, 4) is 0 Å². The highest BCUT2D eigenvalue weighted by Crippen LogP contribution is 2.32. The summed E-state index contributed by atoms with van der Waals surface area (Å²) in [6.07, 6.45) is 4.06. The molecule has 2 nitrogen and oxygen atoms in total. The van der Waals surface area contributed by atoms with Gasteiger partial charge < -0.3 is 11.1 Å². The maximum Gasteiger partial charge on any atom is 0.0456 e. The van der Waals surface area contributed by atoms with Gasteiger partial charge >= 0.3 is 0 Å². The first-order chi connectivity index (χ1) is 8.20. The number of hydrogen-bond donors (Lipinski definition) is 2. The molecule has 4 heteroatoms. The van der Waals surface area contributed by atoms with Crippen LogP contribution in [0.1, 0.15) is 30.9 Å². The summed E-state index contributed by atoms with van der Waals surface area (Å²) in [7, 11) is 0. The molecule has 0 aromatic heterocycles. The van der Waals surface area contributed by atoms with Gasteiger partial charge in [0, 0.05) is 22.1 Å². The van der Waals surface area contributed by atoms with Crippen LogP contribution in [0.5, 0.6) is 0 Å². The summed E-state index contributed by atoms with van der Waals surface area (Å²) in [5.41, 5.74) is 6.98. The van der Waals surface area contributed by atoms with Crippen molar-refractivity contribution in [2.24, 2.45) is 11.7 Å². The highest BCUT2D eigenvalue weighted by Gasteiger charge is 2.21. The van der Waals surface area contributed by atoms with Crippen LogP contribution in [0.15, 0.2) is 22.7 Å². The van der Waals surface area contributed by atoms with E-state index >= 15 is 0 Å². The van der Waals surface area contributed by atoms with Gasteiger partial charge in [0.05, 0.1) is 0 Å². The molecule has 1 aromatic carbocycles. The third-order valence-electron chi connectivity index (χ3n) is 3.21. The fraction of sp³-hybridized carbons (Fsp3) is 0.538. The third kappa shape index (κ3) is 3.95. The molecule has 1 atom stereocenters. The van der Waals surface area contributed by atoms with E-state index in [1.165, 1.54) is 19.3 Å². The van der Waals surface area contributed by atoms with Crippen molar-refractivity contribution in [1.29, 1.82) is 0 Å². The summed E-state index contributed by atoms with van der Waals surface area (Å²) in [5, 5.41) is 4.27. The van der Waals surface area contributed by atoms with Crippen LogP contribution in [0.25, 0.3) is 0 Å². The molecule has 0 heterocycles. The molecular formula is C13H18BrClN2.